The molecule has 8 heavy (non-hydrogen) atoms. The topological polar surface area (TPSA) is 64.6 Å². The molecule has 1 unspecified atom stereocenters. The molecule has 0 aliphatic carbocycles. The third-order valence-electron chi connectivity index (χ3n) is 0.665. The van der Waals surface area contributed by atoms with Crippen LogP contribution in [0.3, 0.4) is 0 Å². The van der Waals surface area contributed by atoms with Crippen LogP contribution in [0, 0.1) is 0 Å². The van der Waals surface area contributed by atoms with Gasteiger partial charge in [0.15, 0.2) is 0 Å². The Bertz CT molecular complexity index is 150. The van der Waals surface area contributed by atoms with E-state index in [4.69, 9.17) is 0 Å². The molecule has 1 atom stereocenters. The Labute approximate surface area is 49.5 Å². The van der Waals surface area contributed by atoms with Crippen molar-refractivity contribution < 1.29 is 4.55 Å². The van der Waals surface area contributed by atoms with Gasteiger partial charge in [-0.25, -0.2) is 5.10 Å². The van der Waals surface area contributed by atoms with E-state index in [0.29, 0.717) is 5.16 Å². The molecule has 1 aromatic heterocycles. The normalized spacial score (nSPS) is 13.8. The molecule has 1 rings (SSSR count). The van der Waals surface area contributed by atoms with Crippen LogP contribution in [-0.2, 0) is 11.2 Å². The SMILES string of the molecule is C[S+]([O-])c1ncn[nH]1. The number of aromatic amines is 1. The molecule has 0 fully saturated rings. The summed E-state index contributed by atoms with van der Waals surface area (Å²) in [4.78, 5) is 3.65. The van der Waals surface area contributed by atoms with Crippen molar-refractivity contribution in [1.29, 1.82) is 0 Å². The summed E-state index contributed by atoms with van der Waals surface area (Å²) in [6.07, 6.45) is 2.87. The summed E-state index contributed by atoms with van der Waals surface area (Å²) < 4.78 is 10.5. The van der Waals surface area contributed by atoms with Gasteiger partial charge in [-0.1, -0.05) is 0 Å². The highest BCUT2D eigenvalue weighted by Gasteiger charge is 2.04. The zero-order valence-corrected chi connectivity index (χ0v) is 5.10. The summed E-state index contributed by atoms with van der Waals surface area (Å²) in [5.41, 5.74) is 0. The van der Waals surface area contributed by atoms with Crippen LogP contribution in [0.15, 0.2) is 11.5 Å². The molecule has 0 saturated carbocycles. The maximum Gasteiger partial charge on any atom is 0.338 e. The Kier molecular flexibility index (Phi) is 1.50. The van der Waals surface area contributed by atoms with Gasteiger partial charge in [0.2, 0.25) is 0 Å². The molecule has 0 bridgehead atoms. The van der Waals surface area contributed by atoms with Crippen LogP contribution >= 0.6 is 0 Å². The van der Waals surface area contributed by atoms with E-state index in [-0.39, 0.29) is 0 Å². The minimum absolute atomic E-state index is 0.421. The molecule has 0 saturated heterocycles. The van der Waals surface area contributed by atoms with Gasteiger partial charge in [0, 0.05) is 11.2 Å². The third-order valence-corrected chi connectivity index (χ3v) is 1.41. The number of hydrogen-bond acceptors (Lipinski definition) is 3. The Morgan fingerprint density at radius 1 is 1.88 bits per heavy atom. The van der Waals surface area contributed by atoms with Crippen LogP contribution < -0.4 is 0 Å². The van der Waals surface area contributed by atoms with Crippen molar-refractivity contribution in [2.45, 2.75) is 5.16 Å². The molecule has 0 radical (unpaired) electrons. The highest BCUT2D eigenvalue weighted by atomic mass is 32.2. The van der Waals surface area contributed by atoms with Crippen molar-refractivity contribution in [3.63, 3.8) is 0 Å². The molecule has 1 heterocycles. The number of hydrogen-bond donors (Lipinski definition) is 1. The minimum Gasteiger partial charge on any atom is -0.609 e. The van der Waals surface area contributed by atoms with Crippen LogP contribution in [-0.4, -0.2) is 26.0 Å². The van der Waals surface area contributed by atoms with Gasteiger partial charge in [0.1, 0.15) is 12.6 Å². The van der Waals surface area contributed by atoms with Gasteiger partial charge in [-0.3, -0.25) is 0 Å². The van der Waals surface area contributed by atoms with Crippen LogP contribution in [0.1, 0.15) is 0 Å². The lowest BCUT2D eigenvalue weighted by Gasteiger charge is -1.94. The minimum atomic E-state index is -1.03. The van der Waals surface area contributed by atoms with Crippen molar-refractivity contribution >= 4 is 11.2 Å². The van der Waals surface area contributed by atoms with Crippen molar-refractivity contribution in [3.8, 4) is 0 Å². The van der Waals surface area contributed by atoms with Gasteiger partial charge < -0.3 is 4.55 Å². The van der Waals surface area contributed by atoms with Crippen molar-refractivity contribution in [3.05, 3.63) is 6.33 Å². The number of H-pyrrole nitrogens is 1. The average Bonchev–Trinajstić information content (AvgIpc) is 2.12. The van der Waals surface area contributed by atoms with Crippen LogP contribution in [0.5, 0.6) is 0 Å². The van der Waals surface area contributed by atoms with E-state index in [0.717, 1.165) is 0 Å². The monoisotopic (exact) mass is 131 g/mol. The summed E-state index contributed by atoms with van der Waals surface area (Å²) >= 11 is -1.03. The van der Waals surface area contributed by atoms with Crippen molar-refractivity contribution in [2.75, 3.05) is 6.26 Å². The Morgan fingerprint density at radius 2 is 2.62 bits per heavy atom. The van der Waals surface area contributed by atoms with Crippen molar-refractivity contribution in [2.24, 2.45) is 0 Å². The molecule has 4 nitrogen and oxygen atoms in total. The predicted molar refractivity (Wildman–Crippen MR) is 28.7 cm³/mol. The molecule has 0 spiro atoms. The van der Waals surface area contributed by atoms with E-state index in [9.17, 15) is 4.55 Å². The maximum atomic E-state index is 10.5. The van der Waals surface area contributed by atoms with E-state index in [1.807, 2.05) is 0 Å². The first-order valence-electron chi connectivity index (χ1n) is 1.99. The van der Waals surface area contributed by atoms with Crippen molar-refractivity contribution in [1.82, 2.24) is 15.2 Å². The first kappa shape index (κ1) is 5.58. The van der Waals surface area contributed by atoms with E-state index in [2.05, 4.69) is 15.2 Å². The second-order valence-corrected chi connectivity index (χ2v) is 2.54. The molecule has 0 aliphatic heterocycles. The van der Waals surface area contributed by atoms with Gasteiger partial charge in [0.25, 0.3) is 0 Å². The number of nitrogens with zero attached hydrogens (tertiary/aromatic N) is 2. The molecule has 0 aromatic carbocycles. The summed E-state index contributed by atoms with van der Waals surface area (Å²) in [6, 6.07) is 0. The zero-order valence-electron chi connectivity index (χ0n) is 4.29. The maximum absolute atomic E-state index is 10.5. The van der Waals surface area contributed by atoms with Crippen LogP contribution in [0.4, 0.5) is 0 Å². The Morgan fingerprint density at radius 3 is 2.88 bits per heavy atom. The number of rotatable bonds is 1. The van der Waals surface area contributed by atoms with E-state index < -0.39 is 11.2 Å². The fourth-order valence-electron chi connectivity index (χ4n) is 0.333. The molecule has 0 aliphatic rings. The lowest BCUT2D eigenvalue weighted by atomic mass is 11.3. The molecule has 1 N–H and O–H groups in total. The summed E-state index contributed by atoms with van der Waals surface area (Å²) in [5.74, 6) is 0. The van der Waals surface area contributed by atoms with Gasteiger partial charge in [-0.2, -0.15) is 10.1 Å². The molecular formula is C3H5N3OS. The molecule has 0 amide bonds. The Hall–Kier alpha value is -0.550. The summed E-state index contributed by atoms with van der Waals surface area (Å²) in [7, 11) is 0. The predicted octanol–water partition coefficient (Wildman–Crippen LogP) is -0.458. The fraction of sp³-hybridized carbons (Fsp3) is 0.333. The standard InChI is InChI=1S/C3H5N3OS/c1-8(7)3-4-2-5-6-3/h2H,1H3,(H,4,5,6). The van der Waals surface area contributed by atoms with E-state index in [1.54, 1.807) is 6.26 Å². The summed E-state index contributed by atoms with van der Waals surface area (Å²) in [6.45, 7) is 0. The largest absolute Gasteiger partial charge is 0.609 e. The van der Waals surface area contributed by atoms with Gasteiger partial charge >= 0.3 is 5.16 Å². The third kappa shape index (κ3) is 0.988. The quantitative estimate of drug-likeness (QED) is 0.524. The van der Waals surface area contributed by atoms with Gasteiger partial charge in [0.05, 0.1) is 0 Å². The van der Waals surface area contributed by atoms with Gasteiger partial charge in [-0.05, 0) is 0 Å². The highest BCUT2D eigenvalue weighted by Crippen LogP contribution is 1.94. The fourth-order valence-corrected chi connectivity index (χ4v) is 0.710. The molecule has 1 aromatic rings. The second kappa shape index (κ2) is 2.15. The number of nitrogens with one attached hydrogen (secondary N) is 1. The molecule has 44 valence electrons. The highest BCUT2D eigenvalue weighted by molar-refractivity contribution is 7.90. The average molecular weight is 131 g/mol. The first-order chi connectivity index (χ1) is 3.80. The second-order valence-electron chi connectivity index (χ2n) is 1.24. The van der Waals surface area contributed by atoms with E-state index >= 15 is 0 Å². The van der Waals surface area contributed by atoms with E-state index in [1.165, 1.54) is 6.33 Å². The first-order valence-corrected chi connectivity index (χ1v) is 3.55. The summed E-state index contributed by atoms with van der Waals surface area (Å²) in [5, 5.41) is 6.41. The van der Waals surface area contributed by atoms with Crippen LogP contribution in [0.2, 0.25) is 0 Å². The van der Waals surface area contributed by atoms with Crippen LogP contribution in [0.25, 0.3) is 0 Å². The van der Waals surface area contributed by atoms with Gasteiger partial charge in [-0.15, -0.1) is 0 Å². The smallest absolute Gasteiger partial charge is 0.338 e. The Balaban J connectivity index is 2.77. The molecule has 5 heteroatoms. The zero-order chi connectivity index (χ0) is 5.98. The molecular weight excluding hydrogens is 126 g/mol. The number of aromatic nitrogens is 3. The lowest BCUT2D eigenvalue weighted by molar-refractivity contribution is 0.593. The lowest BCUT2D eigenvalue weighted by Crippen LogP contribution is -1.98.